The second-order valence-electron chi connectivity index (χ2n) is 5.27. The molecule has 2 aromatic carbocycles. The van der Waals surface area contributed by atoms with E-state index in [0.29, 0.717) is 11.3 Å². The number of nitrogens with one attached hydrogen (secondary N) is 2. The van der Waals surface area contributed by atoms with Gasteiger partial charge in [0.25, 0.3) is 0 Å². The first-order valence-corrected chi connectivity index (χ1v) is 10.5. The molecule has 2 rings (SSSR count). The van der Waals surface area contributed by atoms with Crippen molar-refractivity contribution in [3.8, 4) is 0 Å². The summed E-state index contributed by atoms with van der Waals surface area (Å²) < 4.78 is 52.8. The summed E-state index contributed by atoms with van der Waals surface area (Å²) in [7, 11) is -7.53. The maximum atomic E-state index is 12.1. The summed E-state index contributed by atoms with van der Waals surface area (Å²) in [5, 5.41) is 0. The number of sulfonamides is 2. The van der Waals surface area contributed by atoms with Gasteiger partial charge < -0.3 is 0 Å². The van der Waals surface area contributed by atoms with E-state index in [-0.39, 0.29) is 17.2 Å². The SMILES string of the molecule is CC(=O)c1ccc(S(=O)(=O)NCCS(=O)(=O)Nc2ccccc2)cc1. The van der Waals surface area contributed by atoms with Gasteiger partial charge in [-0.25, -0.2) is 21.6 Å². The average Bonchev–Trinajstić information content (AvgIpc) is 2.55. The van der Waals surface area contributed by atoms with E-state index in [2.05, 4.69) is 9.44 Å². The fourth-order valence-corrected chi connectivity index (χ4v) is 4.13. The van der Waals surface area contributed by atoms with E-state index < -0.39 is 25.8 Å². The van der Waals surface area contributed by atoms with Crippen LogP contribution in [0.5, 0.6) is 0 Å². The Balaban J connectivity index is 1.96. The number of benzene rings is 2. The predicted octanol–water partition coefficient (Wildman–Crippen LogP) is 1.61. The smallest absolute Gasteiger partial charge is 0.240 e. The summed E-state index contributed by atoms with van der Waals surface area (Å²) in [5.41, 5.74) is 0.804. The molecule has 0 aromatic heterocycles. The van der Waals surface area contributed by atoms with Crippen molar-refractivity contribution in [2.45, 2.75) is 11.8 Å². The van der Waals surface area contributed by atoms with Crippen molar-refractivity contribution in [2.75, 3.05) is 17.0 Å². The van der Waals surface area contributed by atoms with Gasteiger partial charge in [-0.15, -0.1) is 0 Å². The van der Waals surface area contributed by atoms with E-state index >= 15 is 0 Å². The molecule has 0 unspecified atom stereocenters. The van der Waals surface area contributed by atoms with Gasteiger partial charge >= 0.3 is 0 Å². The molecule has 2 aromatic rings. The molecule has 0 aliphatic rings. The molecule has 0 heterocycles. The highest BCUT2D eigenvalue weighted by Crippen LogP contribution is 2.11. The second-order valence-corrected chi connectivity index (χ2v) is 8.87. The molecule has 2 N–H and O–H groups in total. The zero-order valence-electron chi connectivity index (χ0n) is 13.5. The Morgan fingerprint density at radius 1 is 0.920 bits per heavy atom. The Morgan fingerprint density at radius 2 is 1.52 bits per heavy atom. The Bertz CT molecular complexity index is 938. The van der Waals surface area contributed by atoms with E-state index in [4.69, 9.17) is 0 Å². The van der Waals surface area contributed by atoms with Crippen LogP contribution in [0.15, 0.2) is 59.5 Å². The highest BCUT2D eigenvalue weighted by molar-refractivity contribution is 7.92. The summed E-state index contributed by atoms with van der Waals surface area (Å²) >= 11 is 0. The molecule has 7 nitrogen and oxygen atoms in total. The van der Waals surface area contributed by atoms with Crippen molar-refractivity contribution >= 4 is 31.5 Å². The lowest BCUT2D eigenvalue weighted by molar-refractivity contribution is 0.101. The number of carbonyl (C=O) groups excluding carboxylic acids is 1. The molecule has 134 valence electrons. The van der Waals surface area contributed by atoms with Crippen molar-refractivity contribution in [3.63, 3.8) is 0 Å². The fourth-order valence-electron chi connectivity index (χ4n) is 2.00. The summed E-state index contributed by atoms with van der Waals surface area (Å²) in [6, 6.07) is 13.7. The number of ketones is 1. The van der Waals surface area contributed by atoms with Crippen molar-refractivity contribution in [1.82, 2.24) is 4.72 Å². The van der Waals surface area contributed by atoms with Crippen LogP contribution in [0.2, 0.25) is 0 Å². The molecule has 0 saturated heterocycles. The molecule has 0 radical (unpaired) electrons. The Kier molecular flexibility index (Phi) is 5.93. The van der Waals surface area contributed by atoms with Crippen LogP contribution in [0.4, 0.5) is 5.69 Å². The van der Waals surface area contributed by atoms with Gasteiger partial charge in [-0.2, -0.15) is 0 Å². The van der Waals surface area contributed by atoms with Crippen molar-refractivity contribution in [3.05, 3.63) is 60.2 Å². The van der Waals surface area contributed by atoms with Crippen molar-refractivity contribution < 1.29 is 21.6 Å². The van der Waals surface area contributed by atoms with Gasteiger partial charge in [-0.3, -0.25) is 9.52 Å². The first-order valence-electron chi connectivity index (χ1n) is 7.36. The lowest BCUT2D eigenvalue weighted by Crippen LogP contribution is -2.31. The van der Waals surface area contributed by atoms with Crippen LogP contribution < -0.4 is 9.44 Å². The number of hydrogen-bond acceptors (Lipinski definition) is 5. The monoisotopic (exact) mass is 382 g/mol. The zero-order valence-corrected chi connectivity index (χ0v) is 15.1. The molecule has 0 bridgehead atoms. The largest absolute Gasteiger partial charge is 0.295 e. The molecule has 0 atom stereocenters. The maximum absolute atomic E-state index is 12.1. The van der Waals surface area contributed by atoms with Crippen molar-refractivity contribution in [1.29, 1.82) is 0 Å². The summed E-state index contributed by atoms with van der Waals surface area (Å²) in [5.74, 6) is -0.581. The molecular formula is C16H18N2O5S2. The quantitative estimate of drug-likeness (QED) is 0.674. The Morgan fingerprint density at radius 3 is 2.08 bits per heavy atom. The molecule has 9 heteroatoms. The number of carbonyl (C=O) groups is 1. The van der Waals surface area contributed by atoms with Crippen LogP contribution >= 0.6 is 0 Å². The third-order valence-corrected chi connectivity index (χ3v) is 6.05. The van der Waals surface area contributed by atoms with Crippen LogP contribution in [0.25, 0.3) is 0 Å². The zero-order chi connectivity index (χ0) is 18.5. The first-order chi connectivity index (χ1) is 11.7. The van der Waals surface area contributed by atoms with E-state index in [1.54, 1.807) is 30.3 Å². The number of rotatable bonds is 8. The topological polar surface area (TPSA) is 109 Å². The first kappa shape index (κ1) is 19.1. The minimum atomic E-state index is -3.85. The highest BCUT2D eigenvalue weighted by atomic mass is 32.2. The molecule has 0 aliphatic carbocycles. The minimum Gasteiger partial charge on any atom is -0.295 e. The summed E-state index contributed by atoms with van der Waals surface area (Å²) in [4.78, 5) is 11.2. The van der Waals surface area contributed by atoms with Crippen LogP contribution in [-0.4, -0.2) is 34.9 Å². The average molecular weight is 382 g/mol. The van der Waals surface area contributed by atoms with Crippen LogP contribution in [0.1, 0.15) is 17.3 Å². The highest BCUT2D eigenvalue weighted by Gasteiger charge is 2.16. The number of anilines is 1. The van der Waals surface area contributed by atoms with Gasteiger partial charge in [-0.05, 0) is 31.2 Å². The Hall–Kier alpha value is -2.23. The normalized spacial score (nSPS) is 11.9. The number of Topliss-reactive ketones (excluding diaryl/α,β-unsaturated/α-hetero) is 1. The summed E-state index contributed by atoms with van der Waals surface area (Å²) in [6.07, 6.45) is 0. The van der Waals surface area contributed by atoms with Crippen LogP contribution in [0, 0.1) is 0 Å². The molecule has 0 spiro atoms. The molecular weight excluding hydrogens is 364 g/mol. The lowest BCUT2D eigenvalue weighted by atomic mass is 10.2. The lowest BCUT2D eigenvalue weighted by Gasteiger charge is -2.09. The van der Waals surface area contributed by atoms with E-state index in [1.807, 2.05) is 0 Å². The van der Waals surface area contributed by atoms with Gasteiger partial charge in [0.05, 0.1) is 10.6 Å². The van der Waals surface area contributed by atoms with Crippen molar-refractivity contribution in [2.24, 2.45) is 0 Å². The van der Waals surface area contributed by atoms with Gasteiger partial charge in [0.2, 0.25) is 20.0 Å². The molecule has 0 fully saturated rings. The standard InChI is InChI=1S/C16H18N2O5S2/c1-13(19)14-7-9-16(10-8-14)25(22,23)17-11-12-24(20,21)18-15-5-3-2-4-6-15/h2-10,17-18H,11-12H2,1H3. The van der Waals surface area contributed by atoms with E-state index in [1.165, 1.54) is 31.2 Å². The number of para-hydroxylation sites is 1. The van der Waals surface area contributed by atoms with Crippen LogP contribution in [0.3, 0.4) is 0 Å². The van der Waals surface area contributed by atoms with Gasteiger partial charge in [-0.1, -0.05) is 30.3 Å². The summed E-state index contributed by atoms with van der Waals surface area (Å²) in [6.45, 7) is 1.10. The molecule has 0 aliphatic heterocycles. The fraction of sp³-hybridized carbons (Fsp3) is 0.188. The van der Waals surface area contributed by atoms with Gasteiger partial charge in [0, 0.05) is 17.8 Å². The second kappa shape index (κ2) is 7.77. The Labute approximate surface area is 147 Å². The van der Waals surface area contributed by atoms with E-state index in [9.17, 15) is 21.6 Å². The van der Waals surface area contributed by atoms with E-state index in [0.717, 1.165) is 0 Å². The molecule has 0 amide bonds. The van der Waals surface area contributed by atoms with Gasteiger partial charge in [0.15, 0.2) is 5.78 Å². The van der Waals surface area contributed by atoms with Crippen LogP contribution in [-0.2, 0) is 20.0 Å². The molecule has 0 saturated carbocycles. The third-order valence-electron chi connectivity index (χ3n) is 3.28. The van der Waals surface area contributed by atoms with Gasteiger partial charge in [0.1, 0.15) is 0 Å². The maximum Gasteiger partial charge on any atom is 0.240 e. The molecule has 25 heavy (non-hydrogen) atoms. The third kappa shape index (κ3) is 5.66. The number of hydrogen-bond donors (Lipinski definition) is 2. The minimum absolute atomic E-state index is 0.0362. The predicted molar refractivity (Wildman–Crippen MR) is 95.5 cm³/mol.